The molecule has 3 rings (SSSR count). The third-order valence-corrected chi connectivity index (χ3v) is 3.49. The lowest BCUT2D eigenvalue weighted by Gasteiger charge is -1.93. The van der Waals surface area contributed by atoms with Gasteiger partial charge in [-0.25, -0.2) is 4.98 Å². The molecular weight excluding hydrogens is 330 g/mol. The van der Waals surface area contributed by atoms with E-state index in [1.54, 1.807) is 12.4 Å². The molecule has 3 aromatic rings. The Kier molecular flexibility index (Phi) is 3.26. The van der Waals surface area contributed by atoms with Crippen LogP contribution in [0.5, 0.6) is 0 Å². The van der Waals surface area contributed by atoms with Gasteiger partial charge in [-0.2, -0.15) is 4.98 Å². The highest BCUT2D eigenvalue weighted by molar-refractivity contribution is 9.10. The maximum Gasteiger partial charge on any atom is 0.233 e. The summed E-state index contributed by atoms with van der Waals surface area (Å²) in [7, 11) is 0. The molecule has 0 radical (unpaired) electrons. The van der Waals surface area contributed by atoms with Gasteiger partial charge >= 0.3 is 0 Å². The number of pyridine rings is 1. The summed E-state index contributed by atoms with van der Waals surface area (Å²) in [6.07, 6.45) is 3.85. The van der Waals surface area contributed by atoms with Gasteiger partial charge in [0.1, 0.15) is 0 Å². The topological polar surface area (TPSA) is 90.7 Å². The van der Waals surface area contributed by atoms with E-state index >= 15 is 0 Å². The van der Waals surface area contributed by atoms with Gasteiger partial charge in [0.2, 0.25) is 11.7 Å². The van der Waals surface area contributed by atoms with Crippen molar-refractivity contribution >= 4 is 32.4 Å². The molecule has 0 spiro atoms. The predicted octanol–water partition coefficient (Wildman–Crippen LogP) is 2.52. The number of hydrogen-bond donors (Lipinski definition) is 1. The molecule has 0 bridgehead atoms. The summed E-state index contributed by atoms with van der Waals surface area (Å²) in [4.78, 5) is 12.5. The molecule has 2 N–H and O–H groups in total. The third-order valence-electron chi connectivity index (χ3n) is 2.33. The number of aromatic nitrogens is 4. The average Bonchev–Trinajstić information content (AvgIpc) is 2.99. The van der Waals surface area contributed by atoms with E-state index in [1.165, 1.54) is 11.3 Å². The van der Waals surface area contributed by atoms with E-state index in [-0.39, 0.29) is 0 Å². The summed E-state index contributed by atoms with van der Waals surface area (Å²) in [6.45, 7) is 0. The number of nitrogen functional groups attached to an aromatic ring is 1. The van der Waals surface area contributed by atoms with Gasteiger partial charge in [-0.15, -0.1) is 11.3 Å². The zero-order valence-corrected chi connectivity index (χ0v) is 12.0. The van der Waals surface area contributed by atoms with Crippen LogP contribution in [0, 0.1) is 0 Å². The van der Waals surface area contributed by atoms with E-state index in [9.17, 15) is 0 Å². The lowest BCUT2D eigenvalue weighted by molar-refractivity contribution is 0.385. The highest BCUT2D eigenvalue weighted by atomic mass is 79.9. The Balaban J connectivity index is 1.83. The molecule has 6 nitrogen and oxygen atoms in total. The van der Waals surface area contributed by atoms with Gasteiger partial charge in [0, 0.05) is 27.8 Å². The molecule has 0 aromatic carbocycles. The molecule has 0 aliphatic rings. The molecule has 3 heterocycles. The Morgan fingerprint density at radius 3 is 2.95 bits per heavy atom. The first-order chi connectivity index (χ1) is 9.20. The molecule has 19 heavy (non-hydrogen) atoms. The average molecular weight is 338 g/mol. The van der Waals surface area contributed by atoms with Gasteiger partial charge in [-0.1, -0.05) is 5.16 Å². The minimum atomic E-state index is 0.474. The van der Waals surface area contributed by atoms with E-state index in [1.807, 2.05) is 11.4 Å². The lowest BCUT2D eigenvalue weighted by Crippen LogP contribution is -1.90. The summed E-state index contributed by atoms with van der Waals surface area (Å²) >= 11 is 4.74. The second kappa shape index (κ2) is 5.06. The van der Waals surface area contributed by atoms with E-state index in [2.05, 4.69) is 36.0 Å². The van der Waals surface area contributed by atoms with Crippen LogP contribution in [0.4, 0.5) is 5.13 Å². The van der Waals surface area contributed by atoms with Crippen molar-refractivity contribution < 1.29 is 4.52 Å². The highest BCUT2D eigenvalue weighted by Crippen LogP contribution is 2.20. The van der Waals surface area contributed by atoms with Crippen molar-refractivity contribution in [2.24, 2.45) is 0 Å². The van der Waals surface area contributed by atoms with Crippen LogP contribution in [0.1, 0.15) is 11.6 Å². The second-order valence-corrected chi connectivity index (χ2v) is 5.56. The van der Waals surface area contributed by atoms with Gasteiger partial charge in [0.25, 0.3) is 0 Å². The number of hydrogen-bond acceptors (Lipinski definition) is 7. The molecular formula is C11H8BrN5OS. The first kappa shape index (κ1) is 12.2. The maximum atomic E-state index is 5.57. The van der Waals surface area contributed by atoms with Crippen molar-refractivity contribution in [2.75, 3.05) is 5.73 Å². The van der Waals surface area contributed by atoms with Crippen LogP contribution in [0.15, 0.2) is 32.8 Å². The van der Waals surface area contributed by atoms with Crippen molar-refractivity contribution in [3.63, 3.8) is 0 Å². The maximum absolute atomic E-state index is 5.57. The molecule has 0 saturated heterocycles. The first-order valence-electron chi connectivity index (χ1n) is 5.34. The molecule has 0 fully saturated rings. The van der Waals surface area contributed by atoms with Gasteiger partial charge < -0.3 is 10.3 Å². The largest absolute Gasteiger partial charge is 0.375 e. The Morgan fingerprint density at radius 1 is 1.32 bits per heavy atom. The Bertz CT molecular complexity index is 710. The first-order valence-corrected chi connectivity index (χ1v) is 7.01. The normalized spacial score (nSPS) is 10.8. The van der Waals surface area contributed by atoms with Crippen LogP contribution in [-0.2, 0) is 6.42 Å². The smallest absolute Gasteiger partial charge is 0.233 e. The molecule has 0 unspecified atom stereocenters. The monoisotopic (exact) mass is 337 g/mol. The van der Waals surface area contributed by atoms with Crippen molar-refractivity contribution in [3.05, 3.63) is 39.9 Å². The van der Waals surface area contributed by atoms with Gasteiger partial charge in [0.05, 0.1) is 12.1 Å². The van der Waals surface area contributed by atoms with Crippen LogP contribution in [0.3, 0.4) is 0 Å². The number of rotatable bonds is 3. The van der Waals surface area contributed by atoms with Crippen molar-refractivity contribution in [1.82, 2.24) is 20.1 Å². The SMILES string of the molecule is Nc1nc(Cc2nc(-c3cncc(Br)c3)no2)cs1. The van der Waals surface area contributed by atoms with Gasteiger partial charge in [0.15, 0.2) is 5.13 Å². The highest BCUT2D eigenvalue weighted by Gasteiger charge is 2.11. The molecule has 96 valence electrons. The Morgan fingerprint density at radius 2 is 2.21 bits per heavy atom. The number of nitrogens with zero attached hydrogens (tertiary/aromatic N) is 4. The van der Waals surface area contributed by atoms with E-state index < -0.39 is 0 Å². The Hall–Kier alpha value is -1.80. The molecule has 0 amide bonds. The summed E-state index contributed by atoms with van der Waals surface area (Å²) in [5.74, 6) is 1.01. The van der Waals surface area contributed by atoms with Crippen LogP contribution in [-0.4, -0.2) is 20.1 Å². The fraction of sp³-hybridized carbons (Fsp3) is 0.0909. The van der Waals surface area contributed by atoms with Crippen molar-refractivity contribution in [3.8, 4) is 11.4 Å². The van der Waals surface area contributed by atoms with Crippen molar-refractivity contribution in [2.45, 2.75) is 6.42 Å². The Labute approximate surface area is 120 Å². The quantitative estimate of drug-likeness (QED) is 0.789. The zero-order valence-electron chi connectivity index (χ0n) is 9.58. The summed E-state index contributed by atoms with van der Waals surface area (Å²) in [5.41, 5.74) is 7.19. The molecule has 8 heteroatoms. The van der Waals surface area contributed by atoms with Crippen molar-refractivity contribution in [1.29, 1.82) is 0 Å². The molecule has 0 aliphatic heterocycles. The summed E-state index contributed by atoms with van der Waals surface area (Å²) in [5, 5.41) is 6.34. The van der Waals surface area contributed by atoms with Crippen LogP contribution >= 0.6 is 27.3 Å². The third kappa shape index (κ3) is 2.79. The molecule has 0 saturated carbocycles. The van der Waals surface area contributed by atoms with Crippen LogP contribution < -0.4 is 5.73 Å². The zero-order chi connectivity index (χ0) is 13.2. The summed E-state index contributed by atoms with van der Waals surface area (Å²) in [6, 6.07) is 1.88. The minimum absolute atomic E-state index is 0.474. The predicted molar refractivity (Wildman–Crippen MR) is 74.6 cm³/mol. The van der Waals surface area contributed by atoms with Gasteiger partial charge in [-0.05, 0) is 22.0 Å². The van der Waals surface area contributed by atoms with Crippen LogP contribution in [0.25, 0.3) is 11.4 Å². The van der Waals surface area contributed by atoms with Gasteiger partial charge in [-0.3, -0.25) is 4.98 Å². The van der Waals surface area contributed by atoms with Crippen LogP contribution in [0.2, 0.25) is 0 Å². The minimum Gasteiger partial charge on any atom is -0.375 e. The number of halogens is 1. The van der Waals surface area contributed by atoms with E-state index in [0.717, 1.165) is 15.7 Å². The number of anilines is 1. The summed E-state index contributed by atoms with van der Waals surface area (Å²) < 4.78 is 6.06. The lowest BCUT2D eigenvalue weighted by atomic mass is 10.3. The standard InChI is InChI=1S/C11H8BrN5OS/c12-7-1-6(3-14-4-7)10-16-9(18-17-10)2-8-5-19-11(13)15-8/h1,3-5H,2H2,(H2,13,15). The fourth-order valence-electron chi connectivity index (χ4n) is 1.54. The molecule has 0 aliphatic carbocycles. The number of thiazole rings is 1. The molecule has 0 atom stereocenters. The molecule has 3 aromatic heterocycles. The fourth-order valence-corrected chi connectivity index (χ4v) is 2.46. The van der Waals surface area contributed by atoms with E-state index in [4.69, 9.17) is 10.3 Å². The second-order valence-electron chi connectivity index (χ2n) is 3.76. The van der Waals surface area contributed by atoms with E-state index in [0.29, 0.717) is 23.3 Å². The number of nitrogens with two attached hydrogens (primary N) is 1.